The third-order valence-electron chi connectivity index (χ3n) is 5.47. The van der Waals surface area contributed by atoms with Crippen LogP contribution in [-0.2, 0) is 4.79 Å². The predicted molar refractivity (Wildman–Crippen MR) is 111 cm³/mol. The number of amides is 2. The van der Waals surface area contributed by atoms with E-state index in [0.717, 1.165) is 18.5 Å². The van der Waals surface area contributed by atoms with Gasteiger partial charge in [-0.25, -0.2) is 9.97 Å². The maximum absolute atomic E-state index is 13.2. The average Bonchev–Trinajstić information content (AvgIpc) is 3.18. The second-order valence-electron chi connectivity index (χ2n) is 7.43. The molecule has 7 nitrogen and oxygen atoms in total. The number of imidazole rings is 1. The summed E-state index contributed by atoms with van der Waals surface area (Å²) in [6, 6.07) is 11.2. The Morgan fingerprint density at radius 1 is 1.17 bits per heavy atom. The van der Waals surface area contributed by atoms with Gasteiger partial charge in [-0.15, -0.1) is 0 Å². The number of nitrogens with zero attached hydrogens (tertiary/aromatic N) is 5. The first kappa shape index (κ1) is 19.1. The number of likely N-dealkylation sites (N-methyl/N-ethyl adjacent to an activating group) is 1. The fraction of sp³-hybridized carbons (Fsp3) is 0.364. The lowest BCUT2D eigenvalue weighted by atomic mass is 10.0. The molecule has 0 radical (unpaired) electrons. The van der Waals surface area contributed by atoms with Crippen molar-refractivity contribution in [2.24, 2.45) is 0 Å². The van der Waals surface area contributed by atoms with E-state index in [4.69, 9.17) is 0 Å². The van der Waals surface area contributed by atoms with Gasteiger partial charge in [-0.05, 0) is 24.6 Å². The molecule has 1 aliphatic rings. The highest BCUT2D eigenvalue weighted by Gasteiger charge is 2.36. The molecule has 150 valence electrons. The van der Waals surface area contributed by atoms with E-state index in [-0.39, 0.29) is 11.8 Å². The largest absolute Gasteiger partial charge is 0.342 e. The highest BCUT2D eigenvalue weighted by Crippen LogP contribution is 2.21. The third kappa shape index (κ3) is 3.60. The van der Waals surface area contributed by atoms with E-state index in [1.165, 1.54) is 0 Å². The summed E-state index contributed by atoms with van der Waals surface area (Å²) in [4.78, 5) is 38.2. The molecule has 1 aromatic carbocycles. The zero-order chi connectivity index (χ0) is 20.4. The van der Waals surface area contributed by atoms with Gasteiger partial charge in [0.1, 0.15) is 17.9 Å². The summed E-state index contributed by atoms with van der Waals surface area (Å²) in [5.41, 5.74) is 2.79. The molecule has 0 spiro atoms. The molecule has 1 aliphatic heterocycles. The molecule has 0 saturated carbocycles. The summed E-state index contributed by atoms with van der Waals surface area (Å²) in [6.07, 6.45) is 5.88. The normalized spacial score (nSPS) is 17.2. The van der Waals surface area contributed by atoms with Crippen molar-refractivity contribution in [1.82, 2.24) is 24.3 Å². The van der Waals surface area contributed by atoms with E-state index in [1.807, 2.05) is 34.9 Å². The molecule has 3 aromatic rings. The van der Waals surface area contributed by atoms with Gasteiger partial charge in [-0.1, -0.05) is 38.0 Å². The minimum atomic E-state index is -0.404. The first-order valence-corrected chi connectivity index (χ1v) is 10.0. The summed E-state index contributed by atoms with van der Waals surface area (Å²) in [7, 11) is 1.80. The number of fused-ring (bicyclic) bond motifs is 1. The van der Waals surface area contributed by atoms with Crippen molar-refractivity contribution < 1.29 is 9.59 Å². The summed E-state index contributed by atoms with van der Waals surface area (Å²) >= 11 is 0. The van der Waals surface area contributed by atoms with Crippen molar-refractivity contribution in [1.29, 1.82) is 0 Å². The van der Waals surface area contributed by atoms with E-state index in [9.17, 15) is 9.59 Å². The first-order chi connectivity index (χ1) is 14.1. The zero-order valence-electron chi connectivity index (χ0n) is 16.8. The Kier molecular flexibility index (Phi) is 5.29. The van der Waals surface area contributed by atoms with E-state index < -0.39 is 6.04 Å². The molecule has 29 heavy (non-hydrogen) atoms. The van der Waals surface area contributed by atoms with Crippen molar-refractivity contribution in [2.45, 2.75) is 32.2 Å². The first-order valence-electron chi connectivity index (χ1n) is 10.0. The molecule has 1 saturated heterocycles. The van der Waals surface area contributed by atoms with Gasteiger partial charge < -0.3 is 9.80 Å². The zero-order valence-corrected chi connectivity index (χ0v) is 16.8. The quantitative estimate of drug-likeness (QED) is 0.670. The van der Waals surface area contributed by atoms with Crippen LogP contribution in [-0.4, -0.2) is 62.3 Å². The lowest BCUT2D eigenvalue weighted by molar-refractivity contribution is -0.138. The minimum absolute atomic E-state index is 0.0143. The molecule has 7 heteroatoms. The Morgan fingerprint density at radius 2 is 1.97 bits per heavy atom. The van der Waals surface area contributed by atoms with Gasteiger partial charge in [-0.3, -0.25) is 14.2 Å². The van der Waals surface area contributed by atoms with Gasteiger partial charge in [0, 0.05) is 32.0 Å². The molecule has 3 heterocycles. The van der Waals surface area contributed by atoms with Crippen LogP contribution in [0.1, 0.15) is 36.5 Å². The number of hydrogen-bond acceptors (Lipinski definition) is 4. The van der Waals surface area contributed by atoms with Crippen molar-refractivity contribution in [3.63, 3.8) is 0 Å². The topological polar surface area (TPSA) is 71.3 Å². The molecular formula is C22H25N5O2. The summed E-state index contributed by atoms with van der Waals surface area (Å²) in [6.45, 7) is 3.17. The minimum Gasteiger partial charge on any atom is -0.342 e. The van der Waals surface area contributed by atoms with Crippen molar-refractivity contribution in [2.75, 3.05) is 20.1 Å². The van der Waals surface area contributed by atoms with Crippen molar-refractivity contribution in [3.05, 3.63) is 54.5 Å². The lowest BCUT2D eigenvalue weighted by Crippen LogP contribution is -2.57. The number of piperazine rings is 1. The molecule has 4 rings (SSSR count). The van der Waals surface area contributed by atoms with E-state index >= 15 is 0 Å². The van der Waals surface area contributed by atoms with E-state index in [0.29, 0.717) is 36.2 Å². The van der Waals surface area contributed by atoms with Crippen LogP contribution in [0.15, 0.2) is 48.9 Å². The van der Waals surface area contributed by atoms with Crippen LogP contribution in [0.2, 0.25) is 0 Å². The van der Waals surface area contributed by atoms with Gasteiger partial charge in [0.05, 0.1) is 5.56 Å². The summed E-state index contributed by atoms with van der Waals surface area (Å²) in [5, 5.41) is 0. The van der Waals surface area contributed by atoms with Crippen LogP contribution in [0.3, 0.4) is 0 Å². The van der Waals surface area contributed by atoms with Crippen LogP contribution in [0.25, 0.3) is 16.9 Å². The number of benzene rings is 1. The number of aromatic nitrogens is 3. The Bertz CT molecular complexity index is 1030. The third-order valence-corrected chi connectivity index (χ3v) is 5.47. The molecule has 1 fully saturated rings. The Labute approximate surface area is 170 Å². The monoisotopic (exact) mass is 391 g/mol. The molecule has 1 atom stereocenters. The molecule has 0 aliphatic carbocycles. The number of unbranched alkanes of at least 4 members (excludes halogenated alkanes) is 1. The fourth-order valence-electron chi connectivity index (χ4n) is 3.79. The molecule has 2 amide bonds. The van der Waals surface area contributed by atoms with Gasteiger partial charge in [0.2, 0.25) is 5.91 Å². The standard InChI is InChI=1S/C22H25N5O2/c1-3-4-10-19-22(29)25(2)11-12-26(19)21(28)16-13-18-20(23-14-16)27(15-24-18)17-8-6-5-7-9-17/h5-9,13-15,19H,3-4,10-12H2,1-2H3. The van der Waals surface area contributed by atoms with Crippen molar-refractivity contribution in [3.8, 4) is 5.69 Å². The van der Waals surface area contributed by atoms with Gasteiger partial charge in [0.25, 0.3) is 5.91 Å². The number of hydrogen-bond donors (Lipinski definition) is 0. The van der Waals surface area contributed by atoms with E-state index in [2.05, 4.69) is 16.9 Å². The molecule has 0 bridgehead atoms. The predicted octanol–water partition coefficient (Wildman–Crippen LogP) is 2.89. The number of para-hydroxylation sites is 1. The lowest BCUT2D eigenvalue weighted by Gasteiger charge is -2.39. The van der Waals surface area contributed by atoms with E-state index in [1.54, 1.807) is 35.4 Å². The van der Waals surface area contributed by atoms with Crippen LogP contribution in [0, 0.1) is 0 Å². The van der Waals surface area contributed by atoms with Crippen LogP contribution in [0.5, 0.6) is 0 Å². The molecule has 2 aromatic heterocycles. The average molecular weight is 391 g/mol. The second kappa shape index (κ2) is 8.03. The summed E-state index contributed by atoms with van der Waals surface area (Å²) in [5.74, 6) is -0.142. The smallest absolute Gasteiger partial charge is 0.256 e. The maximum Gasteiger partial charge on any atom is 0.256 e. The number of carbonyl (C=O) groups excluding carboxylic acids is 2. The number of pyridine rings is 1. The molecule has 0 N–H and O–H groups in total. The number of carbonyl (C=O) groups is 2. The van der Waals surface area contributed by atoms with Crippen LogP contribution >= 0.6 is 0 Å². The SMILES string of the molecule is CCCCC1C(=O)N(C)CCN1C(=O)c1cnc2c(c1)ncn2-c1ccccc1. The maximum atomic E-state index is 13.2. The van der Waals surface area contributed by atoms with Crippen LogP contribution in [0.4, 0.5) is 0 Å². The number of rotatable bonds is 5. The Morgan fingerprint density at radius 3 is 2.72 bits per heavy atom. The molecular weight excluding hydrogens is 366 g/mol. The Hall–Kier alpha value is -3.22. The second-order valence-corrected chi connectivity index (χ2v) is 7.43. The van der Waals surface area contributed by atoms with Gasteiger partial charge >= 0.3 is 0 Å². The fourth-order valence-corrected chi connectivity index (χ4v) is 3.79. The molecule has 1 unspecified atom stereocenters. The van der Waals surface area contributed by atoms with Crippen LogP contribution < -0.4 is 0 Å². The van der Waals surface area contributed by atoms with Gasteiger partial charge in [-0.2, -0.15) is 0 Å². The highest BCUT2D eigenvalue weighted by atomic mass is 16.2. The highest BCUT2D eigenvalue weighted by molar-refractivity contribution is 5.99. The van der Waals surface area contributed by atoms with Crippen molar-refractivity contribution >= 4 is 23.0 Å². The summed E-state index contributed by atoms with van der Waals surface area (Å²) < 4.78 is 1.90. The Balaban J connectivity index is 1.63. The van der Waals surface area contributed by atoms with Gasteiger partial charge in [0.15, 0.2) is 5.65 Å².